The van der Waals surface area contributed by atoms with E-state index in [-0.39, 0.29) is 11.9 Å². The SMILES string of the molecule is CCCCCCC[C@H]1CCC[C@@]2(CCC[C@H](c3ccc(C)o3)O2)O1. The Morgan fingerprint density at radius 3 is 2.54 bits per heavy atom. The van der Waals surface area contributed by atoms with Gasteiger partial charge in [0.1, 0.15) is 17.6 Å². The van der Waals surface area contributed by atoms with Gasteiger partial charge in [0.15, 0.2) is 5.79 Å². The van der Waals surface area contributed by atoms with Crippen LogP contribution in [0.1, 0.15) is 102 Å². The lowest BCUT2D eigenvalue weighted by Gasteiger charge is -2.45. The van der Waals surface area contributed by atoms with Crippen molar-refractivity contribution >= 4 is 0 Å². The first kappa shape index (κ1) is 18.0. The summed E-state index contributed by atoms with van der Waals surface area (Å²) in [5.74, 6) is 1.58. The highest BCUT2D eigenvalue weighted by molar-refractivity contribution is 5.09. The van der Waals surface area contributed by atoms with Crippen LogP contribution in [-0.4, -0.2) is 11.9 Å². The van der Waals surface area contributed by atoms with E-state index in [4.69, 9.17) is 13.9 Å². The fourth-order valence-corrected chi connectivity index (χ4v) is 4.23. The van der Waals surface area contributed by atoms with Crippen LogP contribution in [0.15, 0.2) is 16.5 Å². The van der Waals surface area contributed by atoms with Gasteiger partial charge in [-0.05, 0) is 51.2 Å². The van der Waals surface area contributed by atoms with Crippen molar-refractivity contribution in [3.63, 3.8) is 0 Å². The lowest BCUT2D eigenvalue weighted by molar-refractivity contribution is -0.319. The van der Waals surface area contributed by atoms with Crippen molar-refractivity contribution in [2.75, 3.05) is 0 Å². The molecule has 0 saturated carbocycles. The fraction of sp³-hybridized carbons (Fsp3) is 0.810. The average molecular weight is 335 g/mol. The lowest BCUT2D eigenvalue weighted by Crippen LogP contribution is -2.46. The van der Waals surface area contributed by atoms with E-state index in [9.17, 15) is 0 Å². The number of unbranched alkanes of at least 4 members (excludes halogenated alkanes) is 4. The Labute approximate surface area is 147 Å². The van der Waals surface area contributed by atoms with Crippen molar-refractivity contribution in [2.45, 2.75) is 109 Å². The molecule has 0 bridgehead atoms. The van der Waals surface area contributed by atoms with Gasteiger partial charge in [-0.3, -0.25) is 0 Å². The van der Waals surface area contributed by atoms with Gasteiger partial charge < -0.3 is 13.9 Å². The number of furan rings is 1. The second-order valence-corrected chi connectivity index (χ2v) is 7.69. The summed E-state index contributed by atoms with van der Waals surface area (Å²) >= 11 is 0. The van der Waals surface area contributed by atoms with Crippen molar-refractivity contribution in [3.05, 3.63) is 23.7 Å². The molecule has 1 aromatic heterocycles. The zero-order valence-electron chi connectivity index (χ0n) is 15.5. The molecule has 3 nitrogen and oxygen atoms in total. The Balaban J connectivity index is 1.52. The molecule has 0 radical (unpaired) electrons. The third-order valence-electron chi connectivity index (χ3n) is 5.55. The van der Waals surface area contributed by atoms with E-state index in [1.807, 2.05) is 13.0 Å². The van der Waals surface area contributed by atoms with E-state index in [0.29, 0.717) is 6.10 Å². The highest BCUT2D eigenvalue weighted by Crippen LogP contribution is 2.44. The maximum Gasteiger partial charge on any atom is 0.169 e. The molecular formula is C21H34O3. The van der Waals surface area contributed by atoms with Crippen LogP contribution >= 0.6 is 0 Å². The van der Waals surface area contributed by atoms with Crippen LogP contribution < -0.4 is 0 Å². The van der Waals surface area contributed by atoms with Crippen molar-refractivity contribution < 1.29 is 13.9 Å². The van der Waals surface area contributed by atoms with Crippen LogP contribution in [0.4, 0.5) is 0 Å². The quantitative estimate of drug-likeness (QED) is 0.536. The van der Waals surface area contributed by atoms with E-state index >= 15 is 0 Å². The first-order valence-electron chi connectivity index (χ1n) is 10.1. The van der Waals surface area contributed by atoms with Gasteiger partial charge in [-0.1, -0.05) is 39.0 Å². The van der Waals surface area contributed by atoms with E-state index in [1.54, 1.807) is 0 Å². The van der Waals surface area contributed by atoms with Crippen LogP contribution in [0.3, 0.4) is 0 Å². The van der Waals surface area contributed by atoms with E-state index < -0.39 is 0 Å². The number of rotatable bonds is 7. The van der Waals surface area contributed by atoms with Gasteiger partial charge in [0.05, 0.1) is 6.10 Å². The maximum absolute atomic E-state index is 6.52. The molecule has 0 amide bonds. The normalized spacial score (nSPS) is 30.8. The predicted octanol–water partition coefficient (Wildman–Crippen LogP) is 6.46. The second kappa shape index (κ2) is 8.53. The van der Waals surface area contributed by atoms with Gasteiger partial charge in [-0.25, -0.2) is 0 Å². The summed E-state index contributed by atoms with van der Waals surface area (Å²) in [6.07, 6.45) is 15.0. The van der Waals surface area contributed by atoms with E-state index in [1.165, 1.54) is 51.4 Å². The van der Waals surface area contributed by atoms with Crippen LogP contribution in [0.2, 0.25) is 0 Å². The molecule has 3 heterocycles. The number of hydrogen-bond donors (Lipinski definition) is 0. The minimum Gasteiger partial charge on any atom is -0.464 e. The monoisotopic (exact) mass is 334 g/mol. The van der Waals surface area contributed by atoms with Gasteiger partial charge in [0, 0.05) is 12.8 Å². The topological polar surface area (TPSA) is 31.6 Å². The minimum atomic E-state index is -0.351. The molecule has 3 heteroatoms. The maximum atomic E-state index is 6.52. The van der Waals surface area contributed by atoms with Crippen LogP contribution in [-0.2, 0) is 9.47 Å². The van der Waals surface area contributed by atoms with Gasteiger partial charge in [-0.15, -0.1) is 0 Å². The minimum absolute atomic E-state index is 0.0655. The van der Waals surface area contributed by atoms with Crippen LogP contribution in [0.5, 0.6) is 0 Å². The fourth-order valence-electron chi connectivity index (χ4n) is 4.23. The predicted molar refractivity (Wildman–Crippen MR) is 96.0 cm³/mol. The second-order valence-electron chi connectivity index (χ2n) is 7.69. The summed E-state index contributed by atoms with van der Waals surface area (Å²) < 4.78 is 18.8. The molecule has 2 saturated heterocycles. The molecule has 0 unspecified atom stereocenters. The zero-order valence-corrected chi connectivity index (χ0v) is 15.5. The largest absolute Gasteiger partial charge is 0.464 e. The van der Waals surface area contributed by atoms with Crippen LogP contribution in [0, 0.1) is 6.92 Å². The molecule has 2 aliphatic rings. The number of aryl methyl sites for hydroxylation is 1. The van der Waals surface area contributed by atoms with Gasteiger partial charge in [0.2, 0.25) is 0 Å². The van der Waals surface area contributed by atoms with Crippen molar-refractivity contribution in [1.29, 1.82) is 0 Å². The molecule has 136 valence electrons. The highest BCUT2D eigenvalue weighted by Gasteiger charge is 2.43. The molecular weight excluding hydrogens is 300 g/mol. The van der Waals surface area contributed by atoms with E-state index in [0.717, 1.165) is 37.2 Å². The summed E-state index contributed by atoms with van der Waals surface area (Å²) in [5, 5.41) is 0. The summed E-state index contributed by atoms with van der Waals surface area (Å²) in [7, 11) is 0. The van der Waals surface area contributed by atoms with Crippen molar-refractivity contribution in [1.82, 2.24) is 0 Å². The first-order chi connectivity index (χ1) is 11.7. The van der Waals surface area contributed by atoms with Gasteiger partial charge in [-0.2, -0.15) is 0 Å². The molecule has 1 aromatic rings. The average Bonchev–Trinajstić information content (AvgIpc) is 3.01. The Bertz CT molecular complexity index is 491. The molecule has 1 spiro atoms. The van der Waals surface area contributed by atoms with E-state index in [2.05, 4.69) is 13.0 Å². The molecule has 3 rings (SSSR count). The van der Waals surface area contributed by atoms with Crippen LogP contribution in [0.25, 0.3) is 0 Å². The Kier molecular flexibility index (Phi) is 6.40. The molecule has 0 N–H and O–H groups in total. The van der Waals surface area contributed by atoms with Gasteiger partial charge >= 0.3 is 0 Å². The van der Waals surface area contributed by atoms with Crippen molar-refractivity contribution in [2.24, 2.45) is 0 Å². The molecule has 0 aromatic carbocycles. The third-order valence-corrected chi connectivity index (χ3v) is 5.55. The molecule has 2 aliphatic heterocycles. The first-order valence-corrected chi connectivity index (χ1v) is 10.1. The molecule has 24 heavy (non-hydrogen) atoms. The molecule has 0 aliphatic carbocycles. The summed E-state index contributed by atoms with van der Waals surface area (Å²) in [4.78, 5) is 0. The van der Waals surface area contributed by atoms with Gasteiger partial charge in [0.25, 0.3) is 0 Å². The lowest BCUT2D eigenvalue weighted by atomic mass is 9.91. The molecule has 3 atom stereocenters. The Morgan fingerprint density at radius 2 is 1.79 bits per heavy atom. The third kappa shape index (κ3) is 4.64. The Morgan fingerprint density at radius 1 is 1.00 bits per heavy atom. The standard InChI is InChI=1S/C21H34O3/c1-3-4-5-6-7-10-18-11-8-15-21(23-18)16-9-12-20(24-21)19-14-13-17(2)22-19/h13-14,18,20H,3-12,15-16H2,1-2H3/t18-,20+,21+/m0/s1. The molecule has 2 fully saturated rings. The summed E-state index contributed by atoms with van der Waals surface area (Å²) in [6.45, 7) is 4.26. The summed E-state index contributed by atoms with van der Waals surface area (Å²) in [6, 6.07) is 4.09. The smallest absolute Gasteiger partial charge is 0.169 e. The number of hydrogen-bond acceptors (Lipinski definition) is 3. The Hall–Kier alpha value is -0.800. The summed E-state index contributed by atoms with van der Waals surface area (Å²) in [5.41, 5.74) is 0. The zero-order chi connectivity index (χ0) is 16.8. The van der Waals surface area contributed by atoms with Crippen molar-refractivity contribution in [3.8, 4) is 0 Å². The number of ether oxygens (including phenoxy) is 2. The highest BCUT2D eigenvalue weighted by atomic mass is 16.7.